The van der Waals surface area contributed by atoms with E-state index in [9.17, 15) is 0 Å². The second-order valence-electron chi connectivity index (χ2n) is 4.42. The van der Waals surface area contributed by atoms with E-state index in [2.05, 4.69) is 32.2 Å². The lowest BCUT2D eigenvalue weighted by Crippen LogP contribution is -2.30. The van der Waals surface area contributed by atoms with Crippen LogP contribution in [0.5, 0.6) is 0 Å². The van der Waals surface area contributed by atoms with Crippen LogP contribution in [0.4, 0.5) is 0 Å². The first kappa shape index (κ1) is 14.5. The zero-order chi connectivity index (χ0) is 11.5. The number of unbranched alkanes of at least 4 members (excludes halogenated alkanes) is 2. The zero-order valence-corrected chi connectivity index (χ0v) is 10.6. The molecular formula is C13H26N2. The third-order valence-electron chi connectivity index (χ3n) is 3.02. The number of hydrogen-bond acceptors (Lipinski definition) is 2. The molecule has 0 aliphatic heterocycles. The minimum Gasteiger partial charge on any atom is -0.314 e. The van der Waals surface area contributed by atoms with Crippen LogP contribution in [0.15, 0.2) is 0 Å². The number of nitrogens with zero attached hydrogens (tertiary/aromatic N) is 1. The van der Waals surface area contributed by atoms with E-state index in [-0.39, 0.29) is 0 Å². The lowest BCUT2D eigenvalue weighted by atomic mass is 9.98. The molecule has 88 valence electrons. The number of rotatable bonds is 9. The van der Waals surface area contributed by atoms with Crippen molar-refractivity contribution in [2.75, 3.05) is 6.54 Å². The van der Waals surface area contributed by atoms with E-state index in [0.29, 0.717) is 12.5 Å². The Balaban J connectivity index is 3.49. The Morgan fingerprint density at radius 3 is 2.47 bits per heavy atom. The number of nitrogens with one attached hydrogen (secondary N) is 1. The summed E-state index contributed by atoms with van der Waals surface area (Å²) in [4.78, 5) is 0. The molecule has 0 aromatic rings. The van der Waals surface area contributed by atoms with Crippen LogP contribution in [-0.2, 0) is 0 Å². The first-order valence-corrected chi connectivity index (χ1v) is 6.34. The summed E-state index contributed by atoms with van der Waals surface area (Å²) in [6, 6.07) is 2.85. The van der Waals surface area contributed by atoms with E-state index in [1.807, 2.05) is 0 Å². The Hall–Kier alpha value is -0.550. The summed E-state index contributed by atoms with van der Waals surface area (Å²) in [5.74, 6) is 0.821. The quantitative estimate of drug-likeness (QED) is 0.591. The molecule has 0 aliphatic rings. The molecule has 0 heterocycles. The molecule has 0 fully saturated rings. The highest BCUT2D eigenvalue weighted by molar-refractivity contribution is 4.70. The standard InChI is InChI=1S/C13H26N2/c1-4-12(3)11-13(5-2)15-10-8-6-7-9-14/h12-13,15H,4-8,10-11H2,1-3H3. The zero-order valence-electron chi connectivity index (χ0n) is 10.6. The molecule has 0 spiro atoms. The second-order valence-corrected chi connectivity index (χ2v) is 4.42. The van der Waals surface area contributed by atoms with Gasteiger partial charge in [-0.05, 0) is 38.1 Å². The Morgan fingerprint density at radius 2 is 1.93 bits per heavy atom. The van der Waals surface area contributed by atoms with Gasteiger partial charge in [0, 0.05) is 12.5 Å². The van der Waals surface area contributed by atoms with Crippen LogP contribution in [-0.4, -0.2) is 12.6 Å². The molecule has 0 aliphatic carbocycles. The summed E-state index contributed by atoms with van der Waals surface area (Å²) in [6.45, 7) is 7.89. The fourth-order valence-corrected chi connectivity index (χ4v) is 1.68. The highest BCUT2D eigenvalue weighted by Gasteiger charge is 2.08. The molecule has 15 heavy (non-hydrogen) atoms. The second kappa shape index (κ2) is 9.98. The lowest BCUT2D eigenvalue weighted by Gasteiger charge is -2.20. The third-order valence-corrected chi connectivity index (χ3v) is 3.02. The van der Waals surface area contributed by atoms with Crippen LogP contribution in [0.25, 0.3) is 0 Å². The van der Waals surface area contributed by atoms with Gasteiger partial charge in [0.1, 0.15) is 0 Å². The summed E-state index contributed by atoms with van der Waals surface area (Å²) < 4.78 is 0. The molecule has 0 aromatic carbocycles. The highest BCUT2D eigenvalue weighted by atomic mass is 14.9. The minimum absolute atomic E-state index is 0.669. The average molecular weight is 210 g/mol. The van der Waals surface area contributed by atoms with Crippen molar-refractivity contribution in [3.8, 4) is 6.07 Å². The van der Waals surface area contributed by atoms with Crippen molar-refractivity contribution in [3.63, 3.8) is 0 Å². The lowest BCUT2D eigenvalue weighted by molar-refractivity contribution is 0.382. The van der Waals surface area contributed by atoms with E-state index in [1.54, 1.807) is 0 Å². The summed E-state index contributed by atoms with van der Waals surface area (Å²) in [6.07, 6.45) is 6.62. The van der Waals surface area contributed by atoms with E-state index in [1.165, 1.54) is 19.3 Å². The van der Waals surface area contributed by atoms with Crippen molar-refractivity contribution < 1.29 is 0 Å². The molecule has 2 unspecified atom stereocenters. The van der Waals surface area contributed by atoms with Crippen LogP contribution in [0.3, 0.4) is 0 Å². The van der Waals surface area contributed by atoms with Gasteiger partial charge >= 0.3 is 0 Å². The predicted molar refractivity (Wildman–Crippen MR) is 65.6 cm³/mol. The Kier molecular flexibility index (Phi) is 9.62. The molecular weight excluding hydrogens is 184 g/mol. The van der Waals surface area contributed by atoms with Crippen LogP contribution in [0.2, 0.25) is 0 Å². The van der Waals surface area contributed by atoms with Crippen LogP contribution < -0.4 is 5.32 Å². The normalized spacial score (nSPS) is 14.5. The maximum atomic E-state index is 8.40. The van der Waals surface area contributed by atoms with Crippen molar-refractivity contribution in [1.29, 1.82) is 5.26 Å². The van der Waals surface area contributed by atoms with Gasteiger partial charge in [0.05, 0.1) is 6.07 Å². The van der Waals surface area contributed by atoms with Crippen LogP contribution >= 0.6 is 0 Å². The molecule has 0 rings (SSSR count). The van der Waals surface area contributed by atoms with E-state index in [0.717, 1.165) is 25.3 Å². The van der Waals surface area contributed by atoms with Gasteiger partial charge < -0.3 is 5.32 Å². The van der Waals surface area contributed by atoms with Crippen LogP contribution in [0.1, 0.15) is 59.3 Å². The fraction of sp³-hybridized carbons (Fsp3) is 0.923. The van der Waals surface area contributed by atoms with E-state index >= 15 is 0 Å². The Bertz CT molecular complexity index is 172. The first-order valence-electron chi connectivity index (χ1n) is 6.34. The molecule has 2 nitrogen and oxygen atoms in total. The van der Waals surface area contributed by atoms with Crippen molar-refractivity contribution in [3.05, 3.63) is 0 Å². The monoisotopic (exact) mass is 210 g/mol. The SMILES string of the molecule is CCC(C)CC(CC)NCCCCC#N. The molecule has 0 saturated carbocycles. The molecule has 2 atom stereocenters. The summed E-state index contributed by atoms with van der Waals surface area (Å²) in [7, 11) is 0. The van der Waals surface area contributed by atoms with Gasteiger partial charge in [0.15, 0.2) is 0 Å². The molecule has 1 N–H and O–H groups in total. The fourth-order valence-electron chi connectivity index (χ4n) is 1.68. The van der Waals surface area contributed by atoms with Gasteiger partial charge in [-0.15, -0.1) is 0 Å². The van der Waals surface area contributed by atoms with Crippen molar-refractivity contribution in [2.45, 2.75) is 65.3 Å². The molecule has 0 amide bonds. The smallest absolute Gasteiger partial charge is 0.0621 e. The molecule has 0 radical (unpaired) electrons. The largest absolute Gasteiger partial charge is 0.314 e. The Labute approximate surface area is 95.1 Å². The molecule has 0 bridgehead atoms. The summed E-state index contributed by atoms with van der Waals surface area (Å²) in [5, 5.41) is 12.0. The van der Waals surface area contributed by atoms with E-state index in [4.69, 9.17) is 5.26 Å². The molecule has 2 heteroatoms. The summed E-state index contributed by atoms with van der Waals surface area (Å²) >= 11 is 0. The molecule has 0 aromatic heterocycles. The number of nitriles is 1. The first-order chi connectivity index (χ1) is 7.24. The van der Waals surface area contributed by atoms with Crippen LogP contribution in [0, 0.1) is 17.2 Å². The van der Waals surface area contributed by atoms with Gasteiger partial charge in [-0.3, -0.25) is 0 Å². The Morgan fingerprint density at radius 1 is 1.20 bits per heavy atom. The predicted octanol–water partition coefficient (Wildman–Crippen LogP) is 3.48. The van der Waals surface area contributed by atoms with Gasteiger partial charge in [0.2, 0.25) is 0 Å². The van der Waals surface area contributed by atoms with Crippen molar-refractivity contribution in [2.24, 2.45) is 5.92 Å². The maximum Gasteiger partial charge on any atom is 0.0621 e. The average Bonchev–Trinajstić information content (AvgIpc) is 2.26. The van der Waals surface area contributed by atoms with Crippen molar-refractivity contribution >= 4 is 0 Å². The topological polar surface area (TPSA) is 35.8 Å². The van der Waals surface area contributed by atoms with E-state index < -0.39 is 0 Å². The highest BCUT2D eigenvalue weighted by Crippen LogP contribution is 2.11. The number of hydrogen-bond donors (Lipinski definition) is 1. The van der Waals surface area contributed by atoms with Gasteiger partial charge in [0.25, 0.3) is 0 Å². The van der Waals surface area contributed by atoms with Gasteiger partial charge in [-0.1, -0.05) is 27.2 Å². The van der Waals surface area contributed by atoms with Gasteiger partial charge in [-0.2, -0.15) is 5.26 Å². The third kappa shape index (κ3) is 8.44. The summed E-state index contributed by atoms with van der Waals surface area (Å²) in [5.41, 5.74) is 0. The minimum atomic E-state index is 0.669. The maximum absolute atomic E-state index is 8.40. The molecule has 0 saturated heterocycles. The van der Waals surface area contributed by atoms with Gasteiger partial charge in [-0.25, -0.2) is 0 Å². The van der Waals surface area contributed by atoms with Crippen molar-refractivity contribution in [1.82, 2.24) is 5.32 Å².